The second-order valence-electron chi connectivity index (χ2n) is 10.6. The van der Waals surface area contributed by atoms with E-state index in [0.717, 1.165) is 44.6 Å². The molecule has 4 nitrogen and oxygen atoms in total. The molecule has 8 rings (SSSR count). The first-order chi connectivity index (χ1) is 20.7. The Kier molecular flexibility index (Phi) is 5.64. The number of hydrogen-bond acceptors (Lipinski definition) is 3. The molecule has 0 amide bonds. The minimum atomic E-state index is 0.609. The summed E-state index contributed by atoms with van der Waals surface area (Å²) in [5.41, 5.74) is 8.97. The molecule has 8 aromatic rings. The van der Waals surface area contributed by atoms with Crippen molar-refractivity contribution >= 4 is 32.6 Å². The Morgan fingerprint density at radius 3 is 1.98 bits per heavy atom. The topological polar surface area (TPSA) is 43.6 Å². The third-order valence-electron chi connectivity index (χ3n) is 8.03. The molecule has 4 heteroatoms. The van der Waals surface area contributed by atoms with Crippen LogP contribution in [0.3, 0.4) is 0 Å². The Balaban J connectivity index is 1.35. The lowest BCUT2D eigenvalue weighted by molar-refractivity contribution is 0.968. The maximum absolute atomic E-state index is 5.15. The molecule has 0 saturated heterocycles. The molecule has 0 bridgehead atoms. The molecule has 0 atom stereocenters. The number of rotatable bonds is 4. The molecule has 0 aliphatic carbocycles. The van der Waals surface area contributed by atoms with Gasteiger partial charge >= 0.3 is 0 Å². The van der Waals surface area contributed by atoms with Gasteiger partial charge in [0, 0.05) is 24.4 Å². The number of hydrogen-bond donors (Lipinski definition) is 0. The average molecular weight is 539 g/mol. The van der Waals surface area contributed by atoms with Gasteiger partial charge in [0.25, 0.3) is 0 Å². The average Bonchev–Trinajstić information content (AvgIpc) is 3.44. The second kappa shape index (κ2) is 9.79. The molecule has 0 saturated carbocycles. The van der Waals surface area contributed by atoms with Crippen LogP contribution < -0.4 is 0 Å². The summed E-state index contributed by atoms with van der Waals surface area (Å²) >= 11 is 0. The highest BCUT2D eigenvalue weighted by atomic mass is 15.0. The van der Waals surface area contributed by atoms with E-state index in [0.29, 0.717) is 5.82 Å². The molecular formula is C38H26N4. The zero-order chi connectivity index (χ0) is 28.0. The Labute approximate surface area is 243 Å². The Bertz CT molecular complexity index is 2250. The Morgan fingerprint density at radius 2 is 1.14 bits per heavy atom. The lowest BCUT2D eigenvalue weighted by Gasteiger charge is -2.13. The third kappa shape index (κ3) is 4.13. The summed E-state index contributed by atoms with van der Waals surface area (Å²) in [5, 5.41) is 4.80. The first-order valence-electron chi connectivity index (χ1n) is 14.1. The van der Waals surface area contributed by atoms with Gasteiger partial charge in [0.15, 0.2) is 5.82 Å². The van der Waals surface area contributed by atoms with Crippen LogP contribution >= 0.6 is 0 Å². The molecule has 198 valence electrons. The molecule has 42 heavy (non-hydrogen) atoms. The quantitative estimate of drug-likeness (QED) is 0.210. The van der Waals surface area contributed by atoms with Crippen molar-refractivity contribution in [1.29, 1.82) is 0 Å². The van der Waals surface area contributed by atoms with Crippen LogP contribution in [0.25, 0.3) is 77.7 Å². The normalized spacial score (nSPS) is 11.5. The third-order valence-corrected chi connectivity index (χ3v) is 8.03. The predicted octanol–water partition coefficient (Wildman–Crippen LogP) is 9.34. The highest BCUT2D eigenvalue weighted by Crippen LogP contribution is 2.36. The zero-order valence-corrected chi connectivity index (χ0v) is 23.1. The summed E-state index contributed by atoms with van der Waals surface area (Å²) in [5.74, 6) is 0.609. The van der Waals surface area contributed by atoms with Gasteiger partial charge in [0.05, 0.1) is 22.4 Å². The van der Waals surface area contributed by atoms with E-state index in [4.69, 9.17) is 15.0 Å². The number of aryl methyl sites for hydroxylation is 1. The first kappa shape index (κ1) is 24.2. The summed E-state index contributed by atoms with van der Waals surface area (Å²) < 4.78 is 2.07. The number of aromatic nitrogens is 4. The summed E-state index contributed by atoms with van der Waals surface area (Å²) in [7, 11) is 2.03. The van der Waals surface area contributed by atoms with E-state index in [-0.39, 0.29) is 0 Å². The van der Waals surface area contributed by atoms with E-state index < -0.39 is 0 Å². The highest BCUT2D eigenvalue weighted by Gasteiger charge is 2.16. The number of nitrogens with zero attached hydrogens (tertiary/aromatic N) is 4. The van der Waals surface area contributed by atoms with Gasteiger partial charge in [-0.25, -0.2) is 15.0 Å². The maximum Gasteiger partial charge on any atom is 0.179 e. The standard InChI is InChI=1S/C38H26N4/c1-42-22-21-33-37(42)20-19-34(39-33)38-40-35(27-17-15-26(16-18-27)25-9-3-2-4-10-25)24-36(41-38)32-23-28-11-5-6-12-29(28)30-13-7-8-14-31(30)32/h2-24H,1H3. The number of benzene rings is 5. The fourth-order valence-corrected chi connectivity index (χ4v) is 5.85. The van der Waals surface area contributed by atoms with Gasteiger partial charge in [-0.3, -0.25) is 0 Å². The molecule has 0 aliphatic rings. The fraction of sp³-hybridized carbons (Fsp3) is 0.0263. The molecule has 0 spiro atoms. The van der Waals surface area contributed by atoms with E-state index in [9.17, 15) is 0 Å². The molecule has 0 N–H and O–H groups in total. The smallest absolute Gasteiger partial charge is 0.179 e. The first-order valence-corrected chi connectivity index (χ1v) is 14.1. The second-order valence-corrected chi connectivity index (χ2v) is 10.6. The van der Waals surface area contributed by atoms with E-state index in [2.05, 4.69) is 120 Å². The van der Waals surface area contributed by atoms with Gasteiger partial charge in [0.1, 0.15) is 5.69 Å². The number of pyridine rings is 1. The summed E-state index contributed by atoms with van der Waals surface area (Å²) in [4.78, 5) is 15.2. The van der Waals surface area contributed by atoms with Crippen LogP contribution in [0.2, 0.25) is 0 Å². The molecule has 3 heterocycles. The van der Waals surface area contributed by atoms with E-state index in [1.807, 2.05) is 31.4 Å². The van der Waals surface area contributed by atoms with Gasteiger partial charge in [-0.1, -0.05) is 103 Å². The SMILES string of the molecule is Cn1ccc2nc(-c3nc(-c4ccc(-c5ccccc5)cc4)cc(-c4cc5ccccc5c5ccccc45)n3)ccc21. The maximum atomic E-state index is 5.15. The largest absolute Gasteiger partial charge is 0.349 e. The van der Waals surface area contributed by atoms with Crippen LogP contribution in [0.15, 0.2) is 140 Å². The van der Waals surface area contributed by atoms with Crippen LogP contribution in [0.1, 0.15) is 0 Å². The summed E-state index contributed by atoms with van der Waals surface area (Å²) in [6.45, 7) is 0. The van der Waals surface area contributed by atoms with Crippen molar-refractivity contribution in [1.82, 2.24) is 19.5 Å². The minimum absolute atomic E-state index is 0.609. The Morgan fingerprint density at radius 1 is 0.476 bits per heavy atom. The van der Waals surface area contributed by atoms with Crippen molar-refractivity contribution in [3.63, 3.8) is 0 Å². The molecule has 5 aromatic carbocycles. The van der Waals surface area contributed by atoms with Gasteiger partial charge in [-0.2, -0.15) is 0 Å². The van der Waals surface area contributed by atoms with Crippen LogP contribution in [-0.2, 0) is 7.05 Å². The van der Waals surface area contributed by atoms with Crippen molar-refractivity contribution in [2.45, 2.75) is 0 Å². The summed E-state index contributed by atoms with van der Waals surface area (Å²) in [6.07, 6.45) is 2.03. The van der Waals surface area contributed by atoms with Crippen molar-refractivity contribution in [3.05, 3.63) is 140 Å². The lowest BCUT2D eigenvalue weighted by Crippen LogP contribution is -1.98. The molecule has 0 unspecified atom stereocenters. The highest BCUT2D eigenvalue weighted by molar-refractivity contribution is 6.13. The van der Waals surface area contributed by atoms with Crippen molar-refractivity contribution in [3.8, 4) is 45.2 Å². The van der Waals surface area contributed by atoms with Gasteiger partial charge in [0.2, 0.25) is 0 Å². The van der Waals surface area contributed by atoms with Crippen LogP contribution in [0.4, 0.5) is 0 Å². The van der Waals surface area contributed by atoms with E-state index >= 15 is 0 Å². The van der Waals surface area contributed by atoms with E-state index in [1.165, 1.54) is 27.3 Å². The van der Waals surface area contributed by atoms with Gasteiger partial charge in [-0.15, -0.1) is 0 Å². The van der Waals surface area contributed by atoms with Crippen LogP contribution in [-0.4, -0.2) is 19.5 Å². The fourth-order valence-electron chi connectivity index (χ4n) is 5.85. The predicted molar refractivity (Wildman–Crippen MR) is 173 cm³/mol. The Hall–Kier alpha value is -5.61. The monoisotopic (exact) mass is 538 g/mol. The van der Waals surface area contributed by atoms with Crippen LogP contribution in [0, 0.1) is 0 Å². The summed E-state index contributed by atoms with van der Waals surface area (Å²) in [6, 6.07) is 46.6. The van der Waals surface area contributed by atoms with Gasteiger partial charge < -0.3 is 4.57 Å². The molecule has 0 aliphatic heterocycles. The van der Waals surface area contributed by atoms with Gasteiger partial charge in [-0.05, 0) is 63.0 Å². The van der Waals surface area contributed by atoms with E-state index in [1.54, 1.807) is 0 Å². The van der Waals surface area contributed by atoms with Crippen molar-refractivity contribution in [2.75, 3.05) is 0 Å². The molecule has 0 fully saturated rings. The molecular weight excluding hydrogens is 512 g/mol. The lowest BCUT2D eigenvalue weighted by atomic mass is 9.95. The molecule has 3 aromatic heterocycles. The van der Waals surface area contributed by atoms with Crippen molar-refractivity contribution in [2.24, 2.45) is 7.05 Å². The van der Waals surface area contributed by atoms with Crippen LogP contribution in [0.5, 0.6) is 0 Å². The number of fused-ring (bicyclic) bond motifs is 4. The molecule has 0 radical (unpaired) electrons. The van der Waals surface area contributed by atoms with Crippen molar-refractivity contribution < 1.29 is 0 Å². The minimum Gasteiger partial charge on any atom is -0.349 e. The zero-order valence-electron chi connectivity index (χ0n) is 23.1.